The molecule has 3 aromatic rings. The molecule has 3 N–H and O–H groups in total. The van der Waals surface area contributed by atoms with Crippen LogP contribution >= 0.6 is 0 Å². The van der Waals surface area contributed by atoms with E-state index in [1.54, 1.807) is 12.1 Å². The van der Waals surface area contributed by atoms with Crippen LogP contribution in [0.3, 0.4) is 0 Å². The van der Waals surface area contributed by atoms with Crippen LogP contribution in [0.4, 0.5) is 17.2 Å². The van der Waals surface area contributed by atoms with Crippen molar-refractivity contribution in [1.29, 1.82) is 0 Å². The predicted molar refractivity (Wildman–Crippen MR) is 135 cm³/mol. The molecule has 1 saturated carbocycles. The Bertz CT molecular complexity index is 1170. The molecule has 4 heterocycles. The van der Waals surface area contributed by atoms with Crippen molar-refractivity contribution in [3.05, 3.63) is 48.7 Å². The topological polar surface area (TPSA) is 118 Å². The summed E-state index contributed by atoms with van der Waals surface area (Å²) < 4.78 is 6.04. The molecule has 0 spiro atoms. The molecular formula is C26H30N6O3. The number of rotatable bonds is 5. The number of phenols is 1. The molecule has 1 aromatic carbocycles. The first-order valence-corrected chi connectivity index (χ1v) is 12.0. The Hall–Kier alpha value is -3.88. The van der Waals surface area contributed by atoms with E-state index >= 15 is 0 Å². The van der Waals surface area contributed by atoms with Crippen molar-refractivity contribution in [2.75, 3.05) is 28.6 Å². The number of carbonyl (C=O) groups excluding carboxylic acids is 1. The zero-order valence-corrected chi connectivity index (χ0v) is 19.6. The minimum Gasteiger partial charge on any atom is -0.507 e. The van der Waals surface area contributed by atoms with Gasteiger partial charge in [-0.05, 0) is 56.4 Å². The lowest BCUT2D eigenvalue weighted by Gasteiger charge is -2.43. The second kappa shape index (κ2) is 9.77. The van der Waals surface area contributed by atoms with Gasteiger partial charge in [0.15, 0.2) is 5.82 Å². The molecule has 2 unspecified atom stereocenters. The molecule has 6 rings (SSSR count). The maximum Gasteiger partial charge on any atom is 0.215 e. The molecule has 182 valence electrons. The summed E-state index contributed by atoms with van der Waals surface area (Å²) in [6.45, 7) is 3.71. The molecule has 0 radical (unpaired) electrons. The Kier molecular flexibility index (Phi) is 6.39. The van der Waals surface area contributed by atoms with Gasteiger partial charge < -0.3 is 30.2 Å². The van der Waals surface area contributed by atoms with E-state index in [1.165, 1.54) is 12.1 Å². The Morgan fingerprint density at radius 3 is 2.43 bits per heavy atom. The zero-order valence-electron chi connectivity index (χ0n) is 19.6. The van der Waals surface area contributed by atoms with Crippen molar-refractivity contribution < 1.29 is 14.6 Å². The van der Waals surface area contributed by atoms with Gasteiger partial charge in [-0.1, -0.05) is 12.1 Å². The van der Waals surface area contributed by atoms with Gasteiger partial charge in [0.05, 0.1) is 11.4 Å². The summed E-state index contributed by atoms with van der Waals surface area (Å²) in [6.07, 6.45) is 7.94. The van der Waals surface area contributed by atoms with Gasteiger partial charge in [-0.15, -0.1) is 10.2 Å². The van der Waals surface area contributed by atoms with Gasteiger partial charge in [-0.2, -0.15) is 0 Å². The average Bonchev–Trinajstić information content (AvgIpc) is 3.13. The maximum atomic E-state index is 10.3. The van der Waals surface area contributed by atoms with Crippen LogP contribution in [-0.4, -0.2) is 58.4 Å². The highest BCUT2D eigenvalue weighted by Crippen LogP contribution is 2.39. The normalized spacial score (nSPS) is 21.1. The van der Waals surface area contributed by atoms with Crippen molar-refractivity contribution in [2.24, 2.45) is 0 Å². The lowest BCUT2D eigenvalue weighted by atomic mass is 9.96. The fraction of sp³-hybridized carbons (Fsp3) is 0.385. The smallest absolute Gasteiger partial charge is 0.215 e. The van der Waals surface area contributed by atoms with Crippen LogP contribution in [0.1, 0.15) is 32.1 Å². The quantitative estimate of drug-likeness (QED) is 0.573. The van der Waals surface area contributed by atoms with E-state index in [2.05, 4.69) is 37.1 Å². The molecule has 35 heavy (non-hydrogen) atoms. The number of nitrogens with zero attached hydrogens (tertiary/aromatic N) is 5. The average molecular weight is 475 g/mol. The minimum absolute atomic E-state index is 0.185. The number of piperazine rings is 1. The highest BCUT2D eigenvalue weighted by Gasteiger charge is 2.41. The molecule has 2 aliphatic heterocycles. The van der Waals surface area contributed by atoms with E-state index in [4.69, 9.17) is 15.3 Å². The van der Waals surface area contributed by atoms with Gasteiger partial charge in [0.1, 0.15) is 18.6 Å². The van der Waals surface area contributed by atoms with Crippen LogP contribution in [0.5, 0.6) is 11.6 Å². The predicted octanol–water partition coefficient (Wildman–Crippen LogP) is 3.43. The number of pyridine rings is 1. The van der Waals surface area contributed by atoms with Gasteiger partial charge in [0.2, 0.25) is 5.88 Å². The Morgan fingerprint density at radius 2 is 1.74 bits per heavy atom. The number of hydrogen-bond donors (Lipinski definition) is 2. The number of benzene rings is 1. The van der Waals surface area contributed by atoms with E-state index < -0.39 is 0 Å². The number of phenolic OH excluding ortho intramolecular Hbond substituents is 1. The first-order valence-electron chi connectivity index (χ1n) is 12.0. The zero-order chi connectivity index (χ0) is 24.4. The molecule has 9 nitrogen and oxygen atoms in total. The summed E-state index contributed by atoms with van der Waals surface area (Å²) in [4.78, 5) is 17.3. The van der Waals surface area contributed by atoms with Crippen LogP contribution in [0.25, 0.3) is 11.3 Å². The van der Waals surface area contributed by atoms with Crippen molar-refractivity contribution in [1.82, 2.24) is 15.2 Å². The number of anilines is 3. The highest BCUT2D eigenvalue weighted by molar-refractivity contribution is 5.74. The summed E-state index contributed by atoms with van der Waals surface area (Å²) in [5.74, 6) is 1.33. The van der Waals surface area contributed by atoms with Crippen LogP contribution in [0.15, 0.2) is 48.7 Å². The van der Waals surface area contributed by atoms with Gasteiger partial charge in [0, 0.05) is 48.7 Å². The highest BCUT2D eigenvalue weighted by atomic mass is 16.5. The van der Waals surface area contributed by atoms with Crippen LogP contribution in [-0.2, 0) is 4.79 Å². The molecule has 0 amide bonds. The lowest BCUT2D eigenvalue weighted by Crippen LogP contribution is -2.54. The third kappa shape index (κ3) is 4.45. The Morgan fingerprint density at radius 1 is 1.00 bits per heavy atom. The number of hydrogen-bond acceptors (Lipinski definition) is 9. The maximum absolute atomic E-state index is 10.3. The Labute approximate surface area is 204 Å². The van der Waals surface area contributed by atoms with Crippen molar-refractivity contribution in [3.8, 4) is 22.9 Å². The Balaban J connectivity index is 0.00000124. The number of carbonyl (C=O) groups is 1. The van der Waals surface area contributed by atoms with Gasteiger partial charge >= 0.3 is 0 Å². The third-order valence-corrected chi connectivity index (χ3v) is 7.16. The summed E-state index contributed by atoms with van der Waals surface area (Å²) in [5.41, 5.74) is 9.60. The molecule has 2 bridgehead atoms. The monoisotopic (exact) mass is 474 g/mol. The number of nitrogens with two attached hydrogens (primary N) is 1. The number of ether oxygens (including phenoxy) is 1. The first kappa shape index (κ1) is 22.9. The van der Waals surface area contributed by atoms with Gasteiger partial charge in [0.25, 0.3) is 0 Å². The van der Waals surface area contributed by atoms with E-state index in [9.17, 15) is 5.11 Å². The van der Waals surface area contributed by atoms with E-state index in [1.807, 2.05) is 31.2 Å². The second-order valence-electron chi connectivity index (χ2n) is 9.24. The number of nitrogen functional groups attached to an aromatic ring is 1. The van der Waals surface area contributed by atoms with Crippen molar-refractivity contribution >= 4 is 24.0 Å². The van der Waals surface area contributed by atoms with E-state index in [0.717, 1.165) is 50.3 Å². The van der Waals surface area contributed by atoms with Gasteiger partial charge in [-0.25, -0.2) is 4.98 Å². The third-order valence-electron chi connectivity index (χ3n) is 7.16. The molecule has 2 aromatic heterocycles. The molecule has 1 aliphatic carbocycles. The molecule has 9 heteroatoms. The molecule has 2 saturated heterocycles. The largest absolute Gasteiger partial charge is 0.507 e. The summed E-state index contributed by atoms with van der Waals surface area (Å²) in [6, 6.07) is 14.1. The molecule has 2 atom stereocenters. The standard InChI is InChI=1S/C25H28N6O2.CH2O/c26-25-22(13-21(28-29-25)20-6-1-2-7-23(20)32)30-14-17-8-9-18(15-30)31(17)16-10-11-27-24(12-16)33-19-4-3-5-19;1-2/h1-2,6-7,10-13,17-19,32H,3-5,8-9,14-15H2,(H2,26,29);1H2. The fourth-order valence-electron chi connectivity index (χ4n) is 5.27. The van der Waals surface area contributed by atoms with E-state index in [0.29, 0.717) is 35.3 Å². The minimum atomic E-state index is 0.185. The van der Waals surface area contributed by atoms with Crippen molar-refractivity contribution in [3.63, 3.8) is 0 Å². The summed E-state index contributed by atoms with van der Waals surface area (Å²) in [5, 5.41) is 18.7. The first-order chi connectivity index (χ1) is 17.2. The number of aromatic nitrogens is 3. The fourth-order valence-corrected chi connectivity index (χ4v) is 5.27. The number of para-hydroxylation sites is 1. The van der Waals surface area contributed by atoms with E-state index in [-0.39, 0.29) is 5.75 Å². The molecular weight excluding hydrogens is 444 g/mol. The van der Waals surface area contributed by atoms with Crippen LogP contribution in [0.2, 0.25) is 0 Å². The van der Waals surface area contributed by atoms with Crippen LogP contribution in [0, 0.1) is 0 Å². The second-order valence-corrected chi connectivity index (χ2v) is 9.24. The van der Waals surface area contributed by atoms with Crippen molar-refractivity contribution in [2.45, 2.75) is 50.3 Å². The SMILES string of the molecule is C=O.Nc1nnc(-c2ccccc2O)cc1N1CC2CCC(C1)N2c1ccnc(OC2CCC2)c1. The molecule has 3 aliphatic rings. The van der Waals surface area contributed by atoms with Gasteiger partial charge in [-0.3, -0.25) is 0 Å². The number of aromatic hydroxyl groups is 1. The summed E-state index contributed by atoms with van der Waals surface area (Å²) in [7, 11) is 0. The van der Waals surface area contributed by atoms with Crippen LogP contribution < -0.4 is 20.3 Å². The number of fused-ring (bicyclic) bond motifs is 2. The summed E-state index contributed by atoms with van der Waals surface area (Å²) >= 11 is 0. The molecule has 3 fully saturated rings. The lowest BCUT2D eigenvalue weighted by molar-refractivity contribution is -0.0980.